The first-order valence-corrected chi connectivity index (χ1v) is 16.1. The predicted molar refractivity (Wildman–Crippen MR) is 150 cm³/mol. The summed E-state index contributed by atoms with van der Waals surface area (Å²) in [5.74, 6) is -2.74. The van der Waals surface area contributed by atoms with Gasteiger partial charge in [0.1, 0.15) is 17.6 Å². The summed E-state index contributed by atoms with van der Waals surface area (Å²) in [4.78, 5) is 56.2. The number of nitrogens with zero attached hydrogens (tertiary/aromatic N) is 2. The van der Waals surface area contributed by atoms with E-state index in [1.807, 2.05) is 26.0 Å². The van der Waals surface area contributed by atoms with Crippen LogP contribution in [0.1, 0.15) is 79.6 Å². The number of carboxylic acid groups (broad SMARTS) is 1. The number of aliphatic hydroxyl groups excluding tert-OH is 1. The maximum absolute atomic E-state index is 14.2. The van der Waals surface area contributed by atoms with Crippen LogP contribution in [0.4, 0.5) is 4.79 Å². The summed E-state index contributed by atoms with van der Waals surface area (Å²) in [7, 11) is -3.86. The zero-order chi connectivity index (χ0) is 30.5. The van der Waals surface area contributed by atoms with Crippen LogP contribution in [0.25, 0.3) is 0 Å². The van der Waals surface area contributed by atoms with Gasteiger partial charge in [-0.15, -0.1) is 0 Å². The second kappa shape index (κ2) is 11.2. The lowest BCUT2D eigenvalue weighted by Crippen LogP contribution is -2.62. The van der Waals surface area contributed by atoms with Gasteiger partial charge in [-0.3, -0.25) is 24.0 Å². The van der Waals surface area contributed by atoms with Crippen molar-refractivity contribution >= 4 is 33.8 Å². The summed E-state index contributed by atoms with van der Waals surface area (Å²) in [5, 5.41) is 22.9. The number of fused-ring (bicyclic) bond motifs is 2. The van der Waals surface area contributed by atoms with Crippen LogP contribution in [0.2, 0.25) is 0 Å². The largest absolute Gasteiger partial charge is 0.465 e. The lowest BCUT2D eigenvalue weighted by Gasteiger charge is -2.43. The quantitative estimate of drug-likeness (QED) is 0.354. The third-order valence-corrected chi connectivity index (χ3v) is 10.6. The predicted octanol–water partition coefficient (Wildman–Crippen LogP) is 1.59. The van der Waals surface area contributed by atoms with E-state index in [9.17, 15) is 37.8 Å². The van der Waals surface area contributed by atoms with Crippen molar-refractivity contribution in [1.29, 1.82) is 0 Å². The number of sulfonamides is 1. The minimum atomic E-state index is -3.86. The van der Waals surface area contributed by atoms with Gasteiger partial charge in [-0.1, -0.05) is 26.0 Å². The highest BCUT2D eigenvalue weighted by atomic mass is 32.2. The number of amides is 4. The van der Waals surface area contributed by atoms with E-state index in [4.69, 9.17) is 0 Å². The summed E-state index contributed by atoms with van der Waals surface area (Å²) in [5.41, 5.74) is -2.42. The fourth-order valence-electron chi connectivity index (χ4n) is 6.40. The Bertz CT molecular complexity index is 1210. The summed E-state index contributed by atoms with van der Waals surface area (Å²) in [6.45, 7) is 8.84. The topological polar surface area (TPSA) is 173 Å². The molecule has 2 heterocycles. The molecule has 230 valence electrons. The van der Waals surface area contributed by atoms with Gasteiger partial charge in [0.05, 0.1) is 11.4 Å². The molecule has 0 aromatic heterocycles. The number of carbonyl (C=O) groups excluding carboxylic acids is 3. The van der Waals surface area contributed by atoms with Crippen molar-refractivity contribution in [3.05, 3.63) is 12.2 Å². The monoisotopic (exact) mass is 596 g/mol. The molecule has 12 nitrogen and oxygen atoms in total. The van der Waals surface area contributed by atoms with Gasteiger partial charge in [-0.2, -0.15) is 0 Å². The second-order valence-electron chi connectivity index (χ2n) is 13.4. The van der Waals surface area contributed by atoms with Crippen molar-refractivity contribution < 1.29 is 37.8 Å². The molecule has 13 heteroatoms. The van der Waals surface area contributed by atoms with Gasteiger partial charge in [0, 0.05) is 24.4 Å². The van der Waals surface area contributed by atoms with E-state index in [1.165, 1.54) is 4.90 Å². The Kier molecular flexibility index (Phi) is 8.54. The van der Waals surface area contributed by atoms with Crippen molar-refractivity contribution in [1.82, 2.24) is 19.8 Å². The van der Waals surface area contributed by atoms with E-state index < -0.39 is 74.3 Å². The summed E-state index contributed by atoms with van der Waals surface area (Å²) < 4.78 is 27.3. The van der Waals surface area contributed by atoms with E-state index in [-0.39, 0.29) is 31.2 Å². The highest BCUT2D eigenvalue weighted by Gasteiger charge is 2.62. The Labute approximate surface area is 241 Å². The first-order valence-electron chi connectivity index (χ1n) is 14.5. The van der Waals surface area contributed by atoms with Crippen molar-refractivity contribution in [2.24, 2.45) is 17.8 Å². The minimum Gasteiger partial charge on any atom is -0.465 e. The standard InChI is InChI=1S/C28H44N4O8S/c1-16-8-6-7-9-18-14-28(18,25(36)30-41(39,40)20-10-11-20)29-23(34)21-13-19(33)15-31(21)24(35)22(17(2)12-16)32(26(37)38)27(3,4)5/h7,9,16-22,33H,6,8,10-15H2,1-5H3,(H,29,34)(H,30,36)(H,37,38)/b9-7-/t16?,17-,18-,19-,21+,22+,28-/m1/s1. The molecule has 1 unspecified atom stereocenters. The Morgan fingerprint density at radius 1 is 1.15 bits per heavy atom. The van der Waals surface area contributed by atoms with Crippen molar-refractivity contribution in [3.8, 4) is 0 Å². The van der Waals surface area contributed by atoms with Gasteiger partial charge in [0.15, 0.2) is 0 Å². The molecule has 4 aliphatic rings. The Morgan fingerprint density at radius 3 is 2.39 bits per heavy atom. The normalized spacial score (nSPS) is 35.7. The zero-order valence-corrected chi connectivity index (χ0v) is 25.3. The summed E-state index contributed by atoms with van der Waals surface area (Å²) in [6, 6.07) is -2.26. The SMILES string of the molecule is CC1CC/C=C\[C@@H]2C[C@@]2(C(=O)NS(=O)(=O)C2CC2)NC(=O)[C@@H]2C[C@@H](O)CN2C(=O)[C@@H](N(C(=O)O)C(C)(C)C)[C@H](C)C1. The van der Waals surface area contributed by atoms with E-state index in [0.29, 0.717) is 25.7 Å². The van der Waals surface area contributed by atoms with Crippen molar-refractivity contribution in [2.75, 3.05) is 6.54 Å². The molecule has 0 aromatic rings. The first-order chi connectivity index (χ1) is 19.0. The number of hydrogen-bond donors (Lipinski definition) is 4. The smallest absolute Gasteiger partial charge is 0.408 e. The van der Waals surface area contributed by atoms with Crippen LogP contribution in [0.5, 0.6) is 0 Å². The lowest BCUT2D eigenvalue weighted by molar-refractivity contribution is -0.146. The fraction of sp³-hybridized carbons (Fsp3) is 0.786. The van der Waals surface area contributed by atoms with Crippen molar-refractivity contribution in [3.63, 3.8) is 0 Å². The third kappa shape index (κ3) is 6.55. The Balaban J connectivity index is 1.70. The first kappa shape index (κ1) is 31.3. The number of rotatable bonds is 4. The average Bonchev–Trinajstić information content (AvgIpc) is 3.76. The maximum atomic E-state index is 14.2. The third-order valence-electron chi connectivity index (χ3n) is 8.80. The number of aliphatic hydroxyl groups is 1. The number of nitrogens with one attached hydrogen (secondary N) is 2. The number of carbonyl (C=O) groups is 4. The molecule has 7 atom stereocenters. The molecule has 0 aromatic carbocycles. The van der Waals surface area contributed by atoms with Crippen LogP contribution in [-0.2, 0) is 24.4 Å². The second-order valence-corrected chi connectivity index (χ2v) is 15.4. The van der Waals surface area contributed by atoms with Gasteiger partial charge in [0.2, 0.25) is 21.8 Å². The Morgan fingerprint density at radius 2 is 1.80 bits per heavy atom. The zero-order valence-electron chi connectivity index (χ0n) is 24.5. The maximum Gasteiger partial charge on any atom is 0.408 e. The van der Waals surface area contributed by atoms with Gasteiger partial charge in [-0.25, -0.2) is 13.2 Å². The highest BCUT2D eigenvalue weighted by molar-refractivity contribution is 7.91. The molecule has 41 heavy (non-hydrogen) atoms. The Hall–Kier alpha value is -2.67. The van der Waals surface area contributed by atoms with E-state index in [0.717, 1.165) is 11.3 Å². The van der Waals surface area contributed by atoms with Gasteiger partial charge < -0.3 is 20.4 Å². The molecule has 2 saturated carbocycles. The van der Waals surface area contributed by atoms with Crippen LogP contribution >= 0.6 is 0 Å². The van der Waals surface area contributed by atoms with Gasteiger partial charge in [-0.05, 0) is 71.1 Å². The molecule has 2 aliphatic carbocycles. The van der Waals surface area contributed by atoms with Crippen LogP contribution in [0.3, 0.4) is 0 Å². The molecular weight excluding hydrogens is 552 g/mol. The molecule has 3 fully saturated rings. The van der Waals surface area contributed by atoms with Gasteiger partial charge in [0.25, 0.3) is 5.91 Å². The molecule has 0 spiro atoms. The molecule has 2 aliphatic heterocycles. The lowest BCUT2D eigenvalue weighted by atomic mass is 9.85. The molecule has 4 rings (SSSR count). The number of allylic oxidation sites excluding steroid dienone is 1. The van der Waals surface area contributed by atoms with Crippen LogP contribution in [-0.4, -0.2) is 93.3 Å². The molecule has 0 radical (unpaired) electrons. The molecule has 4 N–H and O–H groups in total. The molecule has 1 saturated heterocycles. The van der Waals surface area contributed by atoms with E-state index in [1.54, 1.807) is 20.8 Å². The van der Waals surface area contributed by atoms with Crippen LogP contribution < -0.4 is 10.0 Å². The highest BCUT2D eigenvalue weighted by Crippen LogP contribution is 2.46. The summed E-state index contributed by atoms with van der Waals surface area (Å²) >= 11 is 0. The van der Waals surface area contributed by atoms with Crippen molar-refractivity contribution in [2.45, 2.75) is 114 Å². The number of hydrogen-bond acceptors (Lipinski definition) is 7. The van der Waals surface area contributed by atoms with E-state index >= 15 is 0 Å². The minimum absolute atomic E-state index is 0.0871. The molecule has 4 amide bonds. The van der Waals surface area contributed by atoms with Gasteiger partial charge >= 0.3 is 6.09 Å². The molecule has 0 bridgehead atoms. The van der Waals surface area contributed by atoms with E-state index in [2.05, 4.69) is 10.0 Å². The fourth-order valence-corrected chi connectivity index (χ4v) is 7.76. The average molecular weight is 597 g/mol. The van der Waals surface area contributed by atoms with Crippen LogP contribution in [0, 0.1) is 17.8 Å². The summed E-state index contributed by atoms with van der Waals surface area (Å²) in [6.07, 6.45) is 4.52. The van der Waals surface area contributed by atoms with Crippen LogP contribution in [0.15, 0.2) is 12.2 Å². The molecular formula is C28H44N4O8S.